The smallest absolute Gasteiger partial charge is 0.246 e. The Kier molecular flexibility index (Phi) is 3.46. The van der Waals surface area contributed by atoms with Gasteiger partial charge in [0.2, 0.25) is 17.6 Å². The predicted octanol–water partition coefficient (Wildman–Crippen LogP) is 0.546. The van der Waals surface area contributed by atoms with Gasteiger partial charge in [-0.3, -0.25) is 9.48 Å². The first-order valence-corrected chi connectivity index (χ1v) is 6.21. The van der Waals surface area contributed by atoms with Crippen molar-refractivity contribution in [3.63, 3.8) is 0 Å². The highest BCUT2D eigenvalue weighted by atomic mass is 16.5. The third kappa shape index (κ3) is 3.14. The van der Waals surface area contributed by atoms with Crippen LogP contribution in [0, 0.1) is 6.92 Å². The molecule has 0 fully saturated rings. The normalized spacial score (nSPS) is 10.7. The van der Waals surface area contributed by atoms with E-state index in [-0.39, 0.29) is 19.0 Å². The predicted molar refractivity (Wildman–Crippen MR) is 68.6 cm³/mol. The summed E-state index contributed by atoms with van der Waals surface area (Å²) in [5.41, 5.74) is 0.491. The van der Waals surface area contributed by atoms with Crippen molar-refractivity contribution >= 4 is 5.91 Å². The highest BCUT2D eigenvalue weighted by Crippen LogP contribution is 2.14. The molecule has 0 radical (unpaired) electrons. The Hall–Kier alpha value is -2.97. The fourth-order valence-corrected chi connectivity index (χ4v) is 1.67. The minimum atomic E-state index is -0.198. The number of hydrogen-bond donors (Lipinski definition) is 1. The van der Waals surface area contributed by atoms with Crippen LogP contribution in [0.4, 0.5) is 0 Å². The van der Waals surface area contributed by atoms with Gasteiger partial charge >= 0.3 is 0 Å². The first kappa shape index (κ1) is 13.0. The number of carbonyl (C=O) groups excluding carboxylic acids is 1. The van der Waals surface area contributed by atoms with Crippen LogP contribution in [0.15, 0.2) is 33.6 Å². The second-order valence-electron chi connectivity index (χ2n) is 4.31. The summed E-state index contributed by atoms with van der Waals surface area (Å²) >= 11 is 0. The average molecular weight is 288 g/mol. The molecule has 0 aliphatic carbocycles. The average Bonchev–Trinajstić information content (AvgIpc) is 3.17. The van der Waals surface area contributed by atoms with Crippen LogP contribution >= 0.6 is 0 Å². The maximum Gasteiger partial charge on any atom is 0.246 e. The van der Waals surface area contributed by atoms with Crippen LogP contribution in [-0.4, -0.2) is 31.0 Å². The van der Waals surface area contributed by atoms with Crippen LogP contribution in [-0.2, 0) is 17.9 Å². The van der Waals surface area contributed by atoms with Crippen molar-refractivity contribution in [1.29, 1.82) is 0 Å². The first-order valence-electron chi connectivity index (χ1n) is 6.21. The van der Waals surface area contributed by atoms with Gasteiger partial charge in [-0.1, -0.05) is 10.3 Å². The summed E-state index contributed by atoms with van der Waals surface area (Å²) in [6.45, 7) is 2.05. The summed E-state index contributed by atoms with van der Waals surface area (Å²) in [5, 5.41) is 14.2. The standard InChI is InChI=1S/C12H12N6O3/c1-8-5-9(16-20-8)12-15-11(21-17-12)6-13-10(19)7-18-4-2-3-14-18/h2-5H,6-7H2,1H3,(H,13,19). The largest absolute Gasteiger partial charge is 0.361 e. The monoisotopic (exact) mass is 288 g/mol. The summed E-state index contributed by atoms with van der Waals surface area (Å²) in [6.07, 6.45) is 3.31. The van der Waals surface area contributed by atoms with Crippen molar-refractivity contribution in [3.8, 4) is 11.5 Å². The Bertz CT molecular complexity index is 730. The molecule has 3 rings (SSSR count). The Morgan fingerprint density at radius 3 is 3.00 bits per heavy atom. The summed E-state index contributed by atoms with van der Waals surface area (Å²) < 4.78 is 11.5. The van der Waals surface area contributed by atoms with E-state index < -0.39 is 0 Å². The summed E-state index contributed by atoms with van der Waals surface area (Å²) in [6, 6.07) is 3.45. The molecule has 3 heterocycles. The molecule has 9 heteroatoms. The number of hydrogen-bond acceptors (Lipinski definition) is 7. The van der Waals surface area contributed by atoms with Gasteiger partial charge in [0.25, 0.3) is 0 Å². The topological polar surface area (TPSA) is 112 Å². The third-order valence-electron chi connectivity index (χ3n) is 2.63. The lowest BCUT2D eigenvalue weighted by Crippen LogP contribution is -2.27. The third-order valence-corrected chi connectivity index (χ3v) is 2.63. The molecule has 3 aromatic rings. The summed E-state index contributed by atoms with van der Waals surface area (Å²) in [7, 11) is 0. The minimum Gasteiger partial charge on any atom is -0.361 e. The molecule has 0 aliphatic heterocycles. The van der Waals surface area contributed by atoms with E-state index in [0.29, 0.717) is 23.2 Å². The lowest BCUT2D eigenvalue weighted by molar-refractivity contribution is -0.122. The SMILES string of the molecule is Cc1cc(-c2noc(CNC(=O)Cn3cccn3)n2)no1. The molecule has 3 aromatic heterocycles. The number of carbonyl (C=O) groups is 1. The van der Waals surface area contributed by atoms with Crippen molar-refractivity contribution in [2.45, 2.75) is 20.0 Å². The number of aryl methyl sites for hydroxylation is 1. The van der Waals surface area contributed by atoms with E-state index in [1.54, 1.807) is 31.5 Å². The molecular weight excluding hydrogens is 276 g/mol. The fourth-order valence-electron chi connectivity index (χ4n) is 1.67. The quantitative estimate of drug-likeness (QED) is 0.729. The summed E-state index contributed by atoms with van der Waals surface area (Å²) in [5.74, 6) is 1.07. The molecule has 0 bridgehead atoms. The van der Waals surface area contributed by atoms with Crippen LogP contribution in [0.2, 0.25) is 0 Å². The lowest BCUT2D eigenvalue weighted by atomic mass is 10.4. The zero-order valence-electron chi connectivity index (χ0n) is 11.2. The molecule has 0 unspecified atom stereocenters. The van der Waals surface area contributed by atoms with Gasteiger partial charge in [-0.25, -0.2) is 0 Å². The fraction of sp³-hybridized carbons (Fsp3) is 0.250. The number of rotatable bonds is 5. The number of amides is 1. The second kappa shape index (κ2) is 5.57. The van der Waals surface area contributed by atoms with Crippen molar-refractivity contribution in [2.24, 2.45) is 0 Å². The van der Waals surface area contributed by atoms with E-state index in [1.165, 1.54) is 4.68 Å². The van der Waals surface area contributed by atoms with E-state index in [0.717, 1.165) is 0 Å². The van der Waals surface area contributed by atoms with Crippen molar-refractivity contribution in [1.82, 2.24) is 30.4 Å². The zero-order valence-corrected chi connectivity index (χ0v) is 11.2. The van der Waals surface area contributed by atoms with Crippen LogP contribution < -0.4 is 5.32 Å². The Morgan fingerprint density at radius 1 is 1.38 bits per heavy atom. The second-order valence-corrected chi connectivity index (χ2v) is 4.31. The van der Waals surface area contributed by atoms with Crippen LogP contribution in [0.5, 0.6) is 0 Å². The van der Waals surface area contributed by atoms with Gasteiger partial charge in [0.1, 0.15) is 12.3 Å². The van der Waals surface area contributed by atoms with Gasteiger partial charge in [0.15, 0.2) is 5.69 Å². The highest BCUT2D eigenvalue weighted by Gasteiger charge is 2.13. The number of nitrogens with one attached hydrogen (secondary N) is 1. The molecule has 1 N–H and O–H groups in total. The molecule has 0 saturated carbocycles. The van der Waals surface area contributed by atoms with E-state index in [1.807, 2.05) is 0 Å². The number of aromatic nitrogens is 5. The molecular formula is C12H12N6O3. The number of nitrogens with zero attached hydrogens (tertiary/aromatic N) is 5. The molecule has 0 atom stereocenters. The molecule has 0 aromatic carbocycles. The van der Waals surface area contributed by atoms with Crippen molar-refractivity contribution < 1.29 is 13.8 Å². The molecule has 0 saturated heterocycles. The van der Waals surface area contributed by atoms with Crippen LogP contribution in [0.3, 0.4) is 0 Å². The maximum atomic E-state index is 11.7. The van der Waals surface area contributed by atoms with Crippen molar-refractivity contribution in [2.75, 3.05) is 0 Å². The molecule has 21 heavy (non-hydrogen) atoms. The highest BCUT2D eigenvalue weighted by molar-refractivity contribution is 5.75. The lowest BCUT2D eigenvalue weighted by Gasteiger charge is -2.01. The Morgan fingerprint density at radius 2 is 2.29 bits per heavy atom. The van der Waals surface area contributed by atoms with Gasteiger partial charge in [0.05, 0.1) is 6.54 Å². The van der Waals surface area contributed by atoms with Gasteiger partial charge in [0, 0.05) is 18.5 Å². The van der Waals surface area contributed by atoms with E-state index in [2.05, 4.69) is 25.7 Å². The molecule has 9 nitrogen and oxygen atoms in total. The molecule has 108 valence electrons. The van der Waals surface area contributed by atoms with Crippen molar-refractivity contribution in [3.05, 3.63) is 36.2 Å². The Labute approximate surface area is 118 Å². The minimum absolute atomic E-state index is 0.135. The van der Waals surface area contributed by atoms with E-state index in [9.17, 15) is 4.79 Å². The van der Waals surface area contributed by atoms with Gasteiger partial charge < -0.3 is 14.4 Å². The molecule has 0 aliphatic rings. The van der Waals surface area contributed by atoms with Crippen LogP contribution in [0.1, 0.15) is 11.7 Å². The van der Waals surface area contributed by atoms with Crippen LogP contribution in [0.25, 0.3) is 11.5 Å². The van der Waals surface area contributed by atoms with E-state index in [4.69, 9.17) is 9.05 Å². The molecule has 0 spiro atoms. The summed E-state index contributed by atoms with van der Waals surface area (Å²) in [4.78, 5) is 15.8. The first-order chi connectivity index (χ1) is 10.2. The van der Waals surface area contributed by atoms with E-state index >= 15 is 0 Å². The Balaban J connectivity index is 1.56. The maximum absolute atomic E-state index is 11.7. The zero-order chi connectivity index (χ0) is 14.7. The van der Waals surface area contributed by atoms with Gasteiger partial charge in [-0.2, -0.15) is 10.1 Å². The molecule has 1 amide bonds. The van der Waals surface area contributed by atoms with Gasteiger partial charge in [-0.05, 0) is 13.0 Å². The van der Waals surface area contributed by atoms with Gasteiger partial charge in [-0.15, -0.1) is 0 Å².